The lowest BCUT2D eigenvalue weighted by Gasteiger charge is -2.17. The van der Waals surface area contributed by atoms with Gasteiger partial charge in [-0.25, -0.2) is 0 Å². The minimum absolute atomic E-state index is 0.0440. The molecule has 0 aromatic carbocycles. The Morgan fingerprint density at radius 2 is 2.27 bits per heavy atom. The van der Waals surface area contributed by atoms with Crippen molar-refractivity contribution in [2.75, 3.05) is 26.3 Å². The van der Waals surface area contributed by atoms with Crippen LogP contribution >= 0.6 is 11.6 Å². The first kappa shape index (κ1) is 12.8. The van der Waals surface area contributed by atoms with Crippen LogP contribution in [-0.4, -0.2) is 42.5 Å². The number of carbonyl (C=O) groups is 1. The quantitative estimate of drug-likeness (QED) is 0.693. The van der Waals surface area contributed by atoms with Gasteiger partial charge in [-0.05, 0) is 19.8 Å². The Morgan fingerprint density at radius 1 is 1.60 bits per heavy atom. The molecule has 1 fully saturated rings. The van der Waals surface area contributed by atoms with Crippen molar-refractivity contribution < 1.29 is 9.53 Å². The van der Waals surface area contributed by atoms with Crippen LogP contribution in [0.15, 0.2) is 0 Å². The number of hydrogen-bond acceptors (Lipinski definition) is 2. The zero-order chi connectivity index (χ0) is 11.4. The fourth-order valence-electron chi connectivity index (χ4n) is 1.95. The maximum Gasteiger partial charge on any atom is 0.240 e. The summed E-state index contributed by atoms with van der Waals surface area (Å²) in [4.78, 5) is 13.5. The highest BCUT2D eigenvalue weighted by Gasteiger charge is 2.33. The van der Waals surface area contributed by atoms with Crippen LogP contribution in [0.3, 0.4) is 0 Å². The van der Waals surface area contributed by atoms with Crippen molar-refractivity contribution in [1.82, 2.24) is 4.90 Å². The van der Waals surface area contributed by atoms with Gasteiger partial charge < -0.3 is 9.64 Å². The second-order valence-corrected chi connectivity index (χ2v) is 4.91. The number of rotatable bonds is 4. The van der Waals surface area contributed by atoms with E-state index in [4.69, 9.17) is 16.3 Å². The van der Waals surface area contributed by atoms with E-state index in [9.17, 15) is 4.79 Å². The molecule has 0 bridgehead atoms. The van der Waals surface area contributed by atoms with Crippen molar-refractivity contribution in [3.05, 3.63) is 0 Å². The molecule has 15 heavy (non-hydrogen) atoms. The van der Waals surface area contributed by atoms with E-state index in [-0.39, 0.29) is 5.91 Å². The lowest BCUT2D eigenvalue weighted by atomic mass is 9.99. The Labute approximate surface area is 96.7 Å². The number of ether oxygens (including phenoxy) is 1. The van der Waals surface area contributed by atoms with Gasteiger partial charge in [-0.3, -0.25) is 4.79 Å². The van der Waals surface area contributed by atoms with Gasteiger partial charge in [-0.2, -0.15) is 0 Å². The monoisotopic (exact) mass is 233 g/mol. The first-order valence-corrected chi connectivity index (χ1v) is 6.00. The molecule has 0 N–H and O–H groups in total. The molecule has 1 saturated heterocycles. The van der Waals surface area contributed by atoms with Crippen LogP contribution in [0.2, 0.25) is 0 Å². The highest BCUT2D eigenvalue weighted by Crippen LogP contribution is 2.24. The summed E-state index contributed by atoms with van der Waals surface area (Å²) in [7, 11) is 0. The molecule has 0 spiro atoms. The van der Waals surface area contributed by atoms with Gasteiger partial charge in [0.15, 0.2) is 0 Å². The summed E-state index contributed by atoms with van der Waals surface area (Å²) < 4.78 is 5.41. The minimum atomic E-state index is -0.414. The minimum Gasteiger partial charge on any atom is -0.381 e. The number of nitrogens with zero attached hydrogens (tertiary/aromatic N) is 1. The Bertz CT molecular complexity index is 221. The number of alkyl halides is 1. The van der Waals surface area contributed by atoms with Gasteiger partial charge in [0.05, 0.1) is 6.61 Å². The van der Waals surface area contributed by atoms with E-state index in [0.29, 0.717) is 11.8 Å². The fraction of sp³-hybridized carbons (Fsp3) is 0.909. The lowest BCUT2D eigenvalue weighted by molar-refractivity contribution is -0.129. The second-order valence-electron chi connectivity index (χ2n) is 4.26. The van der Waals surface area contributed by atoms with Crippen LogP contribution in [0.1, 0.15) is 20.8 Å². The Hall–Kier alpha value is -0.280. The third kappa shape index (κ3) is 3.35. The highest BCUT2D eigenvalue weighted by atomic mass is 35.5. The average Bonchev–Trinajstić information content (AvgIpc) is 2.55. The summed E-state index contributed by atoms with van der Waals surface area (Å²) in [6.45, 7) is 8.97. The SMILES string of the molecule is CCOCC1CN(C(=O)C(C)Cl)CC1C. The van der Waals surface area contributed by atoms with Crippen LogP contribution in [0, 0.1) is 11.8 Å². The van der Waals surface area contributed by atoms with Gasteiger partial charge in [0, 0.05) is 25.6 Å². The van der Waals surface area contributed by atoms with E-state index in [1.165, 1.54) is 0 Å². The summed E-state index contributed by atoms with van der Waals surface area (Å²) >= 11 is 5.79. The molecule has 3 nitrogen and oxygen atoms in total. The van der Waals surface area contributed by atoms with Crippen LogP contribution in [0.4, 0.5) is 0 Å². The molecule has 1 rings (SSSR count). The lowest BCUT2D eigenvalue weighted by Crippen LogP contribution is -2.34. The smallest absolute Gasteiger partial charge is 0.240 e. The molecule has 1 aliphatic rings. The van der Waals surface area contributed by atoms with Gasteiger partial charge in [0.1, 0.15) is 5.38 Å². The molecule has 0 saturated carbocycles. The zero-order valence-corrected chi connectivity index (χ0v) is 10.5. The van der Waals surface area contributed by atoms with E-state index in [1.807, 2.05) is 11.8 Å². The topological polar surface area (TPSA) is 29.5 Å². The van der Waals surface area contributed by atoms with Crippen molar-refractivity contribution >= 4 is 17.5 Å². The van der Waals surface area contributed by atoms with Gasteiger partial charge >= 0.3 is 0 Å². The number of hydrogen-bond donors (Lipinski definition) is 0. The molecule has 1 amide bonds. The Morgan fingerprint density at radius 3 is 2.80 bits per heavy atom. The predicted octanol–water partition coefficient (Wildman–Crippen LogP) is 1.74. The van der Waals surface area contributed by atoms with Gasteiger partial charge in [-0.1, -0.05) is 6.92 Å². The van der Waals surface area contributed by atoms with Crippen molar-refractivity contribution in [1.29, 1.82) is 0 Å². The zero-order valence-electron chi connectivity index (χ0n) is 9.70. The summed E-state index contributed by atoms with van der Waals surface area (Å²) in [5.74, 6) is 1.02. The van der Waals surface area contributed by atoms with E-state index >= 15 is 0 Å². The second kappa shape index (κ2) is 5.71. The van der Waals surface area contributed by atoms with Gasteiger partial charge in [-0.15, -0.1) is 11.6 Å². The van der Waals surface area contributed by atoms with E-state index in [0.717, 1.165) is 26.3 Å². The number of carbonyl (C=O) groups excluding carboxylic acids is 1. The third-order valence-electron chi connectivity index (χ3n) is 2.96. The van der Waals surface area contributed by atoms with Crippen molar-refractivity contribution in [3.63, 3.8) is 0 Å². The van der Waals surface area contributed by atoms with Crippen molar-refractivity contribution in [3.8, 4) is 0 Å². The molecule has 0 aliphatic carbocycles. The molecule has 4 heteroatoms. The largest absolute Gasteiger partial charge is 0.381 e. The molecule has 3 unspecified atom stereocenters. The number of likely N-dealkylation sites (tertiary alicyclic amines) is 1. The first-order chi connectivity index (χ1) is 7.06. The predicted molar refractivity (Wildman–Crippen MR) is 61.0 cm³/mol. The molecule has 0 radical (unpaired) electrons. The van der Waals surface area contributed by atoms with Crippen LogP contribution in [0.25, 0.3) is 0 Å². The maximum absolute atomic E-state index is 11.7. The van der Waals surface area contributed by atoms with Gasteiger partial charge in [0.25, 0.3) is 0 Å². The fourth-order valence-corrected chi connectivity index (χ4v) is 2.09. The molecule has 1 aliphatic heterocycles. The highest BCUT2D eigenvalue weighted by molar-refractivity contribution is 6.30. The molecule has 88 valence electrons. The van der Waals surface area contributed by atoms with Crippen molar-refractivity contribution in [2.24, 2.45) is 11.8 Å². The number of amides is 1. The summed E-state index contributed by atoms with van der Waals surface area (Å²) in [6.07, 6.45) is 0. The first-order valence-electron chi connectivity index (χ1n) is 5.56. The normalized spacial score (nSPS) is 28.1. The third-order valence-corrected chi connectivity index (χ3v) is 3.14. The Kier molecular flexibility index (Phi) is 4.87. The van der Waals surface area contributed by atoms with E-state index in [1.54, 1.807) is 6.92 Å². The molecular formula is C11H20ClNO2. The van der Waals surface area contributed by atoms with Crippen LogP contribution < -0.4 is 0 Å². The van der Waals surface area contributed by atoms with Crippen LogP contribution in [0.5, 0.6) is 0 Å². The molecule has 1 heterocycles. The van der Waals surface area contributed by atoms with Crippen LogP contribution in [-0.2, 0) is 9.53 Å². The Balaban J connectivity index is 2.44. The molecular weight excluding hydrogens is 214 g/mol. The maximum atomic E-state index is 11.7. The molecule has 3 atom stereocenters. The van der Waals surface area contributed by atoms with Crippen molar-refractivity contribution in [2.45, 2.75) is 26.1 Å². The summed E-state index contributed by atoms with van der Waals surface area (Å²) in [5.41, 5.74) is 0. The summed E-state index contributed by atoms with van der Waals surface area (Å²) in [6, 6.07) is 0. The summed E-state index contributed by atoms with van der Waals surface area (Å²) in [5, 5.41) is -0.414. The number of halogens is 1. The standard InChI is InChI=1S/C11H20ClNO2/c1-4-15-7-10-6-13(5-8(10)2)11(14)9(3)12/h8-10H,4-7H2,1-3H3. The molecule has 0 aromatic rings. The van der Waals surface area contributed by atoms with E-state index in [2.05, 4.69) is 6.92 Å². The van der Waals surface area contributed by atoms with E-state index < -0.39 is 5.38 Å². The molecule has 0 aromatic heterocycles. The van der Waals surface area contributed by atoms with Gasteiger partial charge in [0.2, 0.25) is 5.91 Å². The average molecular weight is 234 g/mol.